The number of nitrogens with one attached hydrogen (secondary N) is 1. The van der Waals surface area contributed by atoms with E-state index in [2.05, 4.69) is 5.32 Å². The molecule has 1 fully saturated rings. The quantitative estimate of drug-likeness (QED) is 0.841. The van der Waals surface area contributed by atoms with Crippen molar-refractivity contribution in [2.45, 2.75) is 38.9 Å². The zero-order valence-corrected chi connectivity index (χ0v) is 12.8. The maximum Gasteiger partial charge on any atom is 0.335 e. The molecule has 0 spiro atoms. The lowest BCUT2D eigenvalue weighted by molar-refractivity contribution is -0.128. The second kappa shape index (κ2) is 7.38. The van der Waals surface area contributed by atoms with Crippen molar-refractivity contribution in [3.05, 3.63) is 29.3 Å². The van der Waals surface area contributed by atoms with Gasteiger partial charge in [-0.1, -0.05) is 6.07 Å². The summed E-state index contributed by atoms with van der Waals surface area (Å²) in [7, 11) is 0. The largest absolute Gasteiger partial charge is 0.478 e. The fourth-order valence-electron chi connectivity index (χ4n) is 2.23. The number of carbonyl (C=O) groups excluding carboxylic acids is 1. The SMILES string of the molecule is Cc1ccc(C(=O)O)cc1NC(=O)C(C)OCC1CCCO1. The van der Waals surface area contributed by atoms with Crippen LogP contribution in [0, 0.1) is 6.92 Å². The summed E-state index contributed by atoms with van der Waals surface area (Å²) in [6.45, 7) is 4.61. The zero-order chi connectivity index (χ0) is 16.1. The first-order valence-electron chi connectivity index (χ1n) is 7.35. The molecular weight excluding hydrogens is 286 g/mol. The van der Waals surface area contributed by atoms with E-state index in [-0.39, 0.29) is 17.6 Å². The number of aromatic carboxylic acids is 1. The summed E-state index contributed by atoms with van der Waals surface area (Å²) in [5.74, 6) is -1.33. The van der Waals surface area contributed by atoms with Crippen LogP contribution in [0.25, 0.3) is 0 Å². The molecule has 2 unspecified atom stereocenters. The maximum absolute atomic E-state index is 12.1. The van der Waals surface area contributed by atoms with Crippen LogP contribution < -0.4 is 5.32 Å². The molecule has 0 radical (unpaired) electrons. The Morgan fingerprint density at radius 3 is 2.91 bits per heavy atom. The molecule has 1 aromatic carbocycles. The minimum Gasteiger partial charge on any atom is -0.478 e. The zero-order valence-electron chi connectivity index (χ0n) is 12.8. The minimum absolute atomic E-state index is 0.0623. The monoisotopic (exact) mass is 307 g/mol. The van der Waals surface area contributed by atoms with Gasteiger partial charge in [0.2, 0.25) is 0 Å². The first kappa shape index (κ1) is 16.5. The van der Waals surface area contributed by atoms with Crippen LogP contribution in [-0.2, 0) is 14.3 Å². The number of rotatable bonds is 6. The van der Waals surface area contributed by atoms with Gasteiger partial charge in [-0.15, -0.1) is 0 Å². The maximum atomic E-state index is 12.1. The third kappa shape index (κ3) is 4.29. The minimum atomic E-state index is -1.03. The van der Waals surface area contributed by atoms with Crippen molar-refractivity contribution < 1.29 is 24.2 Å². The van der Waals surface area contributed by atoms with Crippen LogP contribution in [0.1, 0.15) is 35.7 Å². The Morgan fingerprint density at radius 2 is 2.27 bits per heavy atom. The van der Waals surface area contributed by atoms with Gasteiger partial charge in [-0.05, 0) is 44.4 Å². The normalized spacial score (nSPS) is 18.9. The fourth-order valence-corrected chi connectivity index (χ4v) is 2.23. The number of amides is 1. The van der Waals surface area contributed by atoms with E-state index in [4.69, 9.17) is 14.6 Å². The molecule has 1 aliphatic rings. The van der Waals surface area contributed by atoms with Gasteiger partial charge in [0.25, 0.3) is 5.91 Å². The van der Waals surface area contributed by atoms with Crippen molar-refractivity contribution in [1.82, 2.24) is 0 Å². The summed E-state index contributed by atoms with van der Waals surface area (Å²) in [6.07, 6.45) is 1.41. The van der Waals surface area contributed by atoms with Crippen LogP contribution in [-0.4, -0.2) is 42.4 Å². The molecule has 120 valence electrons. The van der Waals surface area contributed by atoms with Gasteiger partial charge in [-0.3, -0.25) is 4.79 Å². The van der Waals surface area contributed by atoms with E-state index in [9.17, 15) is 9.59 Å². The highest BCUT2D eigenvalue weighted by molar-refractivity contribution is 5.96. The van der Waals surface area contributed by atoms with Crippen LogP contribution in [0.3, 0.4) is 0 Å². The lowest BCUT2D eigenvalue weighted by Gasteiger charge is -2.17. The molecule has 1 saturated heterocycles. The summed E-state index contributed by atoms with van der Waals surface area (Å²) in [6, 6.07) is 4.62. The Balaban J connectivity index is 1.92. The number of anilines is 1. The number of ether oxygens (including phenoxy) is 2. The summed E-state index contributed by atoms with van der Waals surface area (Å²) < 4.78 is 11.0. The Morgan fingerprint density at radius 1 is 1.50 bits per heavy atom. The molecule has 1 aliphatic heterocycles. The summed E-state index contributed by atoms with van der Waals surface area (Å²) in [4.78, 5) is 23.1. The molecule has 0 bridgehead atoms. The average molecular weight is 307 g/mol. The molecule has 6 nitrogen and oxygen atoms in total. The first-order valence-corrected chi connectivity index (χ1v) is 7.35. The number of benzene rings is 1. The first-order chi connectivity index (χ1) is 10.5. The van der Waals surface area contributed by atoms with E-state index >= 15 is 0 Å². The van der Waals surface area contributed by atoms with E-state index in [1.165, 1.54) is 12.1 Å². The number of hydrogen-bond donors (Lipinski definition) is 2. The Labute approximate surface area is 129 Å². The Bertz CT molecular complexity index is 551. The summed E-state index contributed by atoms with van der Waals surface area (Å²) >= 11 is 0. The van der Waals surface area contributed by atoms with E-state index in [0.29, 0.717) is 12.3 Å². The molecule has 22 heavy (non-hydrogen) atoms. The van der Waals surface area contributed by atoms with Gasteiger partial charge < -0.3 is 19.9 Å². The molecule has 6 heteroatoms. The van der Waals surface area contributed by atoms with Crippen LogP contribution in [0.4, 0.5) is 5.69 Å². The predicted molar refractivity (Wildman–Crippen MR) is 81.2 cm³/mol. The standard InChI is InChI=1S/C16H21NO5/c1-10-5-6-12(16(19)20)8-14(10)17-15(18)11(2)22-9-13-4-3-7-21-13/h5-6,8,11,13H,3-4,7,9H2,1-2H3,(H,17,18)(H,19,20). The third-order valence-corrected chi connectivity index (χ3v) is 3.67. The van der Waals surface area contributed by atoms with Crippen molar-refractivity contribution in [1.29, 1.82) is 0 Å². The van der Waals surface area contributed by atoms with Crippen molar-refractivity contribution in [3.8, 4) is 0 Å². The predicted octanol–water partition coefficient (Wildman–Crippen LogP) is 2.22. The van der Waals surface area contributed by atoms with E-state index < -0.39 is 12.1 Å². The third-order valence-electron chi connectivity index (χ3n) is 3.67. The lowest BCUT2D eigenvalue weighted by atomic mass is 10.1. The second-order valence-corrected chi connectivity index (χ2v) is 5.43. The second-order valence-electron chi connectivity index (χ2n) is 5.43. The Kier molecular flexibility index (Phi) is 5.51. The van der Waals surface area contributed by atoms with Gasteiger partial charge in [0.1, 0.15) is 6.10 Å². The number of hydrogen-bond acceptors (Lipinski definition) is 4. The molecule has 2 rings (SSSR count). The van der Waals surface area contributed by atoms with E-state index in [0.717, 1.165) is 25.0 Å². The van der Waals surface area contributed by atoms with E-state index in [1.54, 1.807) is 19.9 Å². The molecule has 0 aromatic heterocycles. The van der Waals surface area contributed by atoms with Gasteiger partial charge in [-0.2, -0.15) is 0 Å². The molecule has 1 amide bonds. The molecule has 0 aliphatic carbocycles. The summed E-state index contributed by atoms with van der Waals surface area (Å²) in [5, 5.41) is 11.7. The van der Waals surface area contributed by atoms with Gasteiger partial charge in [0, 0.05) is 12.3 Å². The Hall–Kier alpha value is -1.92. The molecular formula is C16H21NO5. The van der Waals surface area contributed by atoms with Gasteiger partial charge in [-0.25, -0.2) is 4.79 Å². The fraction of sp³-hybridized carbons (Fsp3) is 0.500. The van der Waals surface area contributed by atoms with Crippen molar-refractivity contribution in [3.63, 3.8) is 0 Å². The highest BCUT2D eigenvalue weighted by Crippen LogP contribution is 2.18. The van der Waals surface area contributed by atoms with Crippen LogP contribution in [0.5, 0.6) is 0 Å². The number of carboxylic acids is 1. The summed E-state index contributed by atoms with van der Waals surface area (Å²) in [5.41, 5.74) is 1.41. The molecule has 2 N–H and O–H groups in total. The molecule has 2 atom stereocenters. The molecule has 1 heterocycles. The topological polar surface area (TPSA) is 84.9 Å². The number of carbonyl (C=O) groups is 2. The smallest absolute Gasteiger partial charge is 0.335 e. The van der Waals surface area contributed by atoms with Crippen molar-refractivity contribution >= 4 is 17.6 Å². The molecule has 1 aromatic rings. The van der Waals surface area contributed by atoms with Crippen LogP contribution in [0.15, 0.2) is 18.2 Å². The average Bonchev–Trinajstić information content (AvgIpc) is 3.00. The lowest BCUT2D eigenvalue weighted by Crippen LogP contribution is -2.30. The number of carboxylic acid groups (broad SMARTS) is 1. The van der Waals surface area contributed by atoms with E-state index in [1.807, 2.05) is 0 Å². The number of aryl methyl sites for hydroxylation is 1. The highest BCUT2D eigenvalue weighted by atomic mass is 16.5. The van der Waals surface area contributed by atoms with Crippen molar-refractivity contribution in [2.75, 3.05) is 18.5 Å². The van der Waals surface area contributed by atoms with Crippen LogP contribution >= 0.6 is 0 Å². The van der Waals surface area contributed by atoms with Gasteiger partial charge in [0.05, 0.1) is 18.3 Å². The highest BCUT2D eigenvalue weighted by Gasteiger charge is 2.20. The van der Waals surface area contributed by atoms with Gasteiger partial charge >= 0.3 is 5.97 Å². The van der Waals surface area contributed by atoms with Crippen molar-refractivity contribution in [2.24, 2.45) is 0 Å². The van der Waals surface area contributed by atoms with Gasteiger partial charge in [0.15, 0.2) is 0 Å². The van der Waals surface area contributed by atoms with Crippen LogP contribution in [0.2, 0.25) is 0 Å². The molecule has 0 saturated carbocycles.